The lowest BCUT2D eigenvalue weighted by atomic mass is 9.88. The molecule has 0 N–H and O–H groups in total. The van der Waals surface area contributed by atoms with Crippen LogP contribution in [0.4, 0.5) is 5.69 Å². The minimum Gasteiger partial charge on any atom is -0.477 e. The minimum absolute atomic E-state index is 0.571. The number of hydrogen-bond acceptors (Lipinski definition) is 3. The largest absolute Gasteiger partial charge is 0.477 e. The van der Waals surface area contributed by atoms with Crippen LogP contribution in [0.5, 0.6) is 0 Å². The highest BCUT2D eigenvalue weighted by Crippen LogP contribution is 2.34. The molecule has 2 aliphatic heterocycles. The number of aliphatic imine (C=N–C) groups is 1. The molecule has 0 amide bonds. The van der Waals surface area contributed by atoms with Gasteiger partial charge in [-0.25, -0.2) is 4.99 Å². The summed E-state index contributed by atoms with van der Waals surface area (Å²) < 4.78 is 5.81. The van der Waals surface area contributed by atoms with Gasteiger partial charge in [0.05, 0.1) is 17.3 Å². The Labute approximate surface area is 124 Å². The highest BCUT2D eigenvalue weighted by atomic mass is 35.5. The fourth-order valence-corrected chi connectivity index (χ4v) is 3.06. The first-order chi connectivity index (χ1) is 9.65. The molecule has 1 aromatic rings. The molecule has 1 unspecified atom stereocenters. The van der Waals surface area contributed by atoms with Crippen molar-refractivity contribution in [3.8, 4) is 0 Å². The first kappa shape index (κ1) is 13.5. The molecule has 1 fully saturated rings. The Bertz CT molecular complexity index is 560. The second-order valence-electron chi connectivity index (χ2n) is 5.51. The summed E-state index contributed by atoms with van der Waals surface area (Å²) in [6.07, 6.45) is 4.42. The smallest absolute Gasteiger partial charge is 0.218 e. The van der Waals surface area contributed by atoms with Gasteiger partial charge in [0, 0.05) is 25.4 Å². The third-order valence-electron chi connectivity index (χ3n) is 3.98. The van der Waals surface area contributed by atoms with Crippen molar-refractivity contribution < 1.29 is 4.74 Å². The van der Waals surface area contributed by atoms with Crippen LogP contribution in [-0.4, -0.2) is 31.0 Å². The van der Waals surface area contributed by atoms with Crippen LogP contribution in [0.25, 0.3) is 0 Å². The van der Waals surface area contributed by atoms with Crippen LogP contribution < -0.4 is 0 Å². The van der Waals surface area contributed by atoms with Crippen molar-refractivity contribution in [2.45, 2.75) is 19.8 Å². The van der Waals surface area contributed by atoms with E-state index in [2.05, 4.69) is 18.1 Å². The Morgan fingerprint density at radius 2 is 2.20 bits per heavy atom. The molecular formula is C16H19ClN2O. The van der Waals surface area contributed by atoms with Gasteiger partial charge in [-0.1, -0.05) is 23.7 Å². The molecule has 20 heavy (non-hydrogen) atoms. The maximum atomic E-state index is 6.26. The van der Waals surface area contributed by atoms with E-state index in [0.29, 0.717) is 10.9 Å². The molecule has 4 heteroatoms. The summed E-state index contributed by atoms with van der Waals surface area (Å²) >= 11 is 6.26. The van der Waals surface area contributed by atoms with Gasteiger partial charge in [0.2, 0.25) is 5.90 Å². The van der Waals surface area contributed by atoms with Crippen LogP contribution in [0.1, 0.15) is 18.4 Å². The lowest BCUT2D eigenvalue weighted by Gasteiger charge is -2.33. The predicted octanol–water partition coefficient (Wildman–Crippen LogP) is 3.93. The number of fused-ring (bicyclic) bond motifs is 1. The Morgan fingerprint density at radius 1 is 1.35 bits per heavy atom. The van der Waals surface area contributed by atoms with Gasteiger partial charge in [0.1, 0.15) is 0 Å². The number of rotatable bonds is 1. The summed E-state index contributed by atoms with van der Waals surface area (Å²) in [5.41, 5.74) is 3.10. The van der Waals surface area contributed by atoms with Crippen molar-refractivity contribution in [3.63, 3.8) is 0 Å². The number of ether oxygens (including phenoxy) is 1. The molecule has 2 aliphatic rings. The number of halogens is 1. The fourth-order valence-electron chi connectivity index (χ4n) is 2.80. The molecule has 3 nitrogen and oxygen atoms in total. The molecular weight excluding hydrogens is 272 g/mol. The highest BCUT2D eigenvalue weighted by Gasteiger charge is 2.29. The van der Waals surface area contributed by atoms with Crippen molar-refractivity contribution in [2.24, 2.45) is 10.9 Å². The van der Waals surface area contributed by atoms with Gasteiger partial charge in [-0.05, 0) is 37.3 Å². The lowest BCUT2D eigenvalue weighted by molar-refractivity contribution is 0.225. The summed E-state index contributed by atoms with van der Waals surface area (Å²) in [7, 11) is 2.09. The lowest BCUT2D eigenvalue weighted by Crippen LogP contribution is -2.33. The maximum absolute atomic E-state index is 6.26. The second-order valence-corrected chi connectivity index (χ2v) is 5.92. The quantitative estimate of drug-likeness (QED) is 0.783. The van der Waals surface area contributed by atoms with E-state index >= 15 is 0 Å². The van der Waals surface area contributed by atoms with Crippen LogP contribution in [0.3, 0.4) is 0 Å². The number of nitrogens with zero attached hydrogens (tertiary/aromatic N) is 2. The number of hydrogen-bond donors (Lipinski definition) is 0. The third-order valence-corrected chi connectivity index (χ3v) is 4.29. The van der Waals surface area contributed by atoms with E-state index in [9.17, 15) is 0 Å². The van der Waals surface area contributed by atoms with Gasteiger partial charge in [-0.15, -0.1) is 0 Å². The zero-order valence-corrected chi connectivity index (χ0v) is 12.7. The molecule has 1 aromatic carbocycles. The number of benzene rings is 1. The topological polar surface area (TPSA) is 24.8 Å². The first-order valence-corrected chi connectivity index (χ1v) is 7.42. The number of aryl methyl sites for hydroxylation is 1. The fraction of sp³-hybridized carbons (Fsp3) is 0.438. The van der Waals surface area contributed by atoms with E-state index in [1.165, 1.54) is 12.0 Å². The normalized spacial score (nSPS) is 24.1. The molecule has 0 spiro atoms. The standard InChI is InChI=1S/C16H19ClN2O/c1-11-4-3-5-14(17)15(11)18-16-13-10-19(2)8-6-12(13)7-9-20-16/h3-5,10,12H,6-9H2,1-2H3. The van der Waals surface area contributed by atoms with Crippen molar-refractivity contribution in [1.29, 1.82) is 0 Å². The van der Waals surface area contributed by atoms with Gasteiger partial charge in [0.25, 0.3) is 0 Å². The van der Waals surface area contributed by atoms with Gasteiger partial charge in [0.15, 0.2) is 0 Å². The SMILES string of the molecule is Cc1cccc(Cl)c1N=C1OCCC2CCN(C)C=C12. The molecule has 0 radical (unpaired) electrons. The van der Waals surface area contributed by atoms with Crippen molar-refractivity contribution in [3.05, 3.63) is 40.6 Å². The summed E-state index contributed by atoms with van der Waals surface area (Å²) in [5.74, 6) is 1.31. The third kappa shape index (κ3) is 2.55. The molecule has 3 rings (SSSR count). The summed E-state index contributed by atoms with van der Waals surface area (Å²) in [6, 6.07) is 5.84. The molecule has 0 aromatic heterocycles. The van der Waals surface area contributed by atoms with Crippen LogP contribution >= 0.6 is 11.6 Å². The Kier molecular flexibility index (Phi) is 3.70. The average Bonchev–Trinajstić information content (AvgIpc) is 2.43. The van der Waals surface area contributed by atoms with Crippen LogP contribution in [0.2, 0.25) is 5.02 Å². The summed E-state index contributed by atoms with van der Waals surface area (Å²) in [6.45, 7) is 3.87. The van der Waals surface area contributed by atoms with E-state index in [1.807, 2.05) is 25.1 Å². The van der Waals surface area contributed by atoms with E-state index < -0.39 is 0 Å². The van der Waals surface area contributed by atoms with Crippen LogP contribution in [0.15, 0.2) is 35.0 Å². The molecule has 1 atom stereocenters. The Hall–Kier alpha value is -1.48. The second kappa shape index (κ2) is 5.49. The molecule has 1 saturated heterocycles. The highest BCUT2D eigenvalue weighted by molar-refractivity contribution is 6.33. The maximum Gasteiger partial charge on any atom is 0.218 e. The first-order valence-electron chi connectivity index (χ1n) is 7.04. The minimum atomic E-state index is 0.571. The van der Waals surface area contributed by atoms with Crippen molar-refractivity contribution in [1.82, 2.24) is 4.90 Å². The van der Waals surface area contributed by atoms with Gasteiger partial charge >= 0.3 is 0 Å². The zero-order chi connectivity index (χ0) is 14.1. The van der Waals surface area contributed by atoms with Gasteiger partial charge in [-0.2, -0.15) is 0 Å². The van der Waals surface area contributed by atoms with Gasteiger partial charge in [-0.3, -0.25) is 0 Å². The van der Waals surface area contributed by atoms with Crippen LogP contribution in [0, 0.1) is 12.8 Å². The van der Waals surface area contributed by atoms with E-state index in [0.717, 1.165) is 36.7 Å². The molecule has 0 saturated carbocycles. The number of para-hydroxylation sites is 1. The van der Waals surface area contributed by atoms with Crippen molar-refractivity contribution in [2.75, 3.05) is 20.2 Å². The van der Waals surface area contributed by atoms with Crippen molar-refractivity contribution >= 4 is 23.2 Å². The summed E-state index contributed by atoms with van der Waals surface area (Å²) in [4.78, 5) is 6.91. The summed E-state index contributed by atoms with van der Waals surface area (Å²) in [5, 5.41) is 0.674. The monoisotopic (exact) mass is 290 g/mol. The molecule has 106 valence electrons. The van der Waals surface area contributed by atoms with Gasteiger partial charge < -0.3 is 9.64 Å². The predicted molar refractivity (Wildman–Crippen MR) is 82.7 cm³/mol. The molecule has 0 aliphatic carbocycles. The average molecular weight is 291 g/mol. The molecule has 0 bridgehead atoms. The van der Waals surface area contributed by atoms with E-state index in [4.69, 9.17) is 21.3 Å². The molecule has 2 heterocycles. The van der Waals surface area contributed by atoms with E-state index in [-0.39, 0.29) is 0 Å². The Morgan fingerprint density at radius 3 is 3.00 bits per heavy atom. The Balaban J connectivity index is 2.01. The van der Waals surface area contributed by atoms with E-state index in [1.54, 1.807) is 0 Å². The van der Waals surface area contributed by atoms with Crippen LogP contribution in [-0.2, 0) is 4.74 Å². The zero-order valence-electron chi connectivity index (χ0n) is 11.9.